The maximum Gasteiger partial charge on any atom is 0.321 e. The molecular formula is C11H16N6OS. The minimum Gasteiger partial charge on any atom is -0.337 e. The smallest absolute Gasteiger partial charge is 0.321 e. The van der Waals surface area contributed by atoms with Gasteiger partial charge in [-0.25, -0.2) is 14.5 Å². The second kappa shape index (κ2) is 5.79. The second-order valence-corrected chi connectivity index (χ2v) is 5.52. The Morgan fingerprint density at radius 2 is 2.32 bits per heavy atom. The molecule has 0 saturated carbocycles. The summed E-state index contributed by atoms with van der Waals surface area (Å²) in [5.74, 6) is 0.596. The molecule has 0 radical (unpaired) electrons. The maximum absolute atomic E-state index is 11.7. The standard InChI is InChI=1S/C11H16N6OS/c1-7(9-12-5-8(2)19-9)4-13-11(18)16-10-14-6-15-17(10)3/h5-7H,4H2,1-3H3,(H2,13,14,15,16,18)/t7-/m1/s1. The van der Waals surface area contributed by atoms with Crippen LogP contribution in [0.25, 0.3) is 0 Å². The van der Waals surface area contributed by atoms with Gasteiger partial charge in [-0.2, -0.15) is 10.1 Å². The van der Waals surface area contributed by atoms with E-state index in [1.807, 2.05) is 20.0 Å². The summed E-state index contributed by atoms with van der Waals surface area (Å²) in [4.78, 5) is 21.1. The zero-order valence-electron chi connectivity index (χ0n) is 11.0. The topological polar surface area (TPSA) is 84.7 Å². The second-order valence-electron chi connectivity index (χ2n) is 4.25. The van der Waals surface area contributed by atoms with Crippen LogP contribution in [0.4, 0.5) is 10.7 Å². The van der Waals surface area contributed by atoms with Gasteiger partial charge in [0.2, 0.25) is 5.95 Å². The monoisotopic (exact) mass is 280 g/mol. The Morgan fingerprint density at radius 3 is 2.89 bits per heavy atom. The van der Waals surface area contributed by atoms with Crippen molar-refractivity contribution in [3.8, 4) is 0 Å². The van der Waals surface area contributed by atoms with Gasteiger partial charge in [-0.3, -0.25) is 5.32 Å². The van der Waals surface area contributed by atoms with Gasteiger partial charge in [0.25, 0.3) is 0 Å². The van der Waals surface area contributed by atoms with E-state index in [1.54, 1.807) is 18.4 Å². The molecule has 8 heteroatoms. The van der Waals surface area contributed by atoms with Crippen LogP contribution >= 0.6 is 11.3 Å². The van der Waals surface area contributed by atoms with E-state index in [1.165, 1.54) is 15.9 Å². The summed E-state index contributed by atoms with van der Waals surface area (Å²) in [6.45, 7) is 4.57. The molecule has 0 unspecified atom stereocenters. The molecule has 0 spiro atoms. The van der Waals surface area contributed by atoms with E-state index in [0.717, 1.165) is 5.01 Å². The molecule has 102 valence electrons. The molecule has 0 saturated heterocycles. The number of carbonyl (C=O) groups is 1. The van der Waals surface area contributed by atoms with E-state index >= 15 is 0 Å². The highest BCUT2D eigenvalue weighted by molar-refractivity contribution is 7.11. The van der Waals surface area contributed by atoms with Crippen molar-refractivity contribution < 1.29 is 4.79 Å². The molecule has 0 fully saturated rings. The lowest BCUT2D eigenvalue weighted by Crippen LogP contribution is -2.32. The summed E-state index contributed by atoms with van der Waals surface area (Å²) in [5.41, 5.74) is 0. The van der Waals surface area contributed by atoms with Crippen LogP contribution in [0.1, 0.15) is 22.7 Å². The van der Waals surface area contributed by atoms with E-state index in [-0.39, 0.29) is 11.9 Å². The van der Waals surface area contributed by atoms with E-state index in [4.69, 9.17) is 0 Å². The number of amides is 2. The molecule has 0 aliphatic heterocycles. The third kappa shape index (κ3) is 3.50. The van der Waals surface area contributed by atoms with Crippen LogP contribution in [-0.4, -0.2) is 32.3 Å². The number of thiazole rings is 1. The van der Waals surface area contributed by atoms with Crippen LogP contribution < -0.4 is 10.6 Å². The number of rotatable bonds is 4. The minimum absolute atomic E-state index is 0.184. The first-order chi connectivity index (χ1) is 9.06. The molecule has 0 aliphatic rings. The molecule has 1 atom stereocenters. The maximum atomic E-state index is 11.7. The van der Waals surface area contributed by atoms with Crippen LogP contribution in [0, 0.1) is 6.92 Å². The number of aromatic nitrogens is 4. The molecule has 2 amide bonds. The van der Waals surface area contributed by atoms with Gasteiger partial charge in [0.05, 0.1) is 5.01 Å². The van der Waals surface area contributed by atoms with Crippen LogP contribution in [0.5, 0.6) is 0 Å². The predicted molar refractivity (Wildman–Crippen MR) is 73.3 cm³/mol. The van der Waals surface area contributed by atoms with Gasteiger partial charge in [0.15, 0.2) is 0 Å². The van der Waals surface area contributed by atoms with Crippen molar-refractivity contribution in [2.24, 2.45) is 7.05 Å². The first-order valence-electron chi connectivity index (χ1n) is 5.87. The largest absolute Gasteiger partial charge is 0.337 e. The van der Waals surface area contributed by atoms with Crippen LogP contribution in [-0.2, 0) is 7.05 Å². The molecule has 19 heavy (non-hydrogen) atoms. The summed E-state index contributed by atoms with van der Waals surface area (Å²) in [5, 5.41) is 10.3. The van der Waals surface area contributed by atoms with Crippen molar-refractivity contribution in [1.82, 2.24) is 25.1 Å². The highest BCUT2D eigenvalue weighted by atomic mass is 32.1. The molecule has 2 N–H and O–H groups in total. The fraction of sp³-hybridized carbons (Fsp3) is 0.455. The van der Waals surface area contributed by atoms with Crippen molar-refractivity contribution in [2.75, 3.05) is 11.9 Å². The van der Waals surface area contributed by atoms with E-state index < -0.39 is 0 Å². The third-order valence-electron chi connectivity index (χ3n) is 2.57. The number of hydrogen-bond acceptors (Lipinski definition) is 5. The van der Waals surface area contributed by atoms with Gasteiger partial charge < -0.3 is 5.32 Å². The number of anilines is 1. The zero-order valence-corrected chi connectivity index (χ0v) is 11.9. The molecule has 0 aromatic carbocycles. The van der Waals surface area contributed by atoms with E-state index in [9.17, 15) is 4.79 Å². The van der Waals surface area contributed by atoms with Crippen molar-refractivity contribution in [1.29, 1.82) is 0 Å². The summed E-state index contributed by atoms with van der Waals surface area (Å²) in [6.07, 6.45) is 3.23. The Hall–Kier alpha value is -1.96. The Labute approximate surface area is 115 Å². The zero-order chi connectivity index (χ0) is 13.8. The lowest BCUT2D eigenvalue weighted by atomic mass is 10.2. The predicted octanol–water partition coefficient (Wildman–Crippen LogP) is 1.51. The molecule has 0 bridgehead atoms. The molecule has 0 aliphatic carbocycles. The van der Waals surface area contributed by atoms with Crippen molar-refractivity contribution in [2.45, 2.75) is 19.8 Å². The molecule has 2 aromatic rings. The van der Waals surface area contributed by atoms with Gasteiger partial charge in [0.1, 0.15) is 6.33 Å². The van der Waals surface area contributed by atoms with Gasteiger partial charge in [-0.05, 0) is 6.92 Å². The van der Waals surface area contributed by atoms with Gasteiger partial charge in [0, 0.05) is 30.6 Å². The number of hydrogen-bond donors (Lipinski definition) is 2. The molecule has 2 heterocycles. The average molecular weight is 280 g/mol. The van der Waals surface area contributed by atoms with Crippen molar-refractivity contribution in [3.63, 3.8) is 0 Å². The van der Waals surface area contributed by atoms with Crippen molar-refractivity contribution in [3.05, 3.63) is 22.4 Å². The van der Waals surface area contributed by atoms with Crippen LogP contribution in [0.15, 0.2) is 12.5 Å². The van der Waals surface area contributed by atoms with Gasteiger partial charge >= 0.3 is 6.03 Å². The normalized spacial score (nSPS) is 12.2. The quantitative estimate of drug-likeness (QED) is 0.889. The fourth-order valence-electron chi connectivity index (χ4n) is 1.49. The Morgan fingerprint density at radius 1 is 1.53 bits per heavy atom. The van der Waals surface area contributed by atoms with E-state index in [2.05, 4.69) is 25.7 Å². The SMILES string of the molecule is Cc1cnc([C@H](C)CNC(=O)Nc2ncnn2C)s1. The lowest BCUT2D eigenvalue weighted by Gasteiger charge is -2.10. The number of carbonyl (C=O) groups excluding carboxylic acids is 1. The Kier molecular flexibility index (Phi) is 4.10. The molecule has 2 aromatic heterocycles. The number of nitrogens with zero attached hydrogens (tertiary/aromatic N) is 4. The highest BCUT2D eigenvalue weighted by Gasteiger charge is 2.12. The lowest BCUT2D eigenvalue weighted by molar-refractivity contribution is 0.251. The van der Waals surface area contributed by atoms with Crippen LogP contribution in [0.2, 0.25) is 0 Å². The fourth-order valence-corrected chi connectivity index (χ4v) is 2.31. The number of aryl methyl sites for hydroxylation is 2. The summed E-state index contributed by atoms with van der Waals surface area (Å²) in [6, 6.07) is -0.295. The van der Waals surface area contributed by atoms with Gasteiger partial charge in [-0.15, -0.1) is 11.3 Å². The number of nitrogens with one attached hydrogen (secondary N) is 2. The molecular weight excluding hydrogens is 264 g/mol. The Balaban J connectivity index is 1.82. The van der Waals surface area contributed by atoms with Crippen LogP contribution in [0.3, 0.4) is 0 Å². The third-order valence-corrected chi connectivity index (χ3v) is 3.71. The highest BCUT2D eigenvalue weighted by Crippen LogP contribution is 2.20. The van der Waals surface area contributed by atoms with Crippen molar-refractivity contribution >= 4 is 23.3 Å². The number of urea groups is 1. The van der Waals surface area contributed by atoms with E-state index in [0.29, 0.717) is 12.5 Å². The van der Waals surface area contributed by atoms with Gasteiger partial charge in [-0.1, -0.05) is 6.92 Å². The molecule has 2 rings (SSSR count). The summed E-state index contributed by atoms with van der Waals surface area (Å²) in [7, 11) is 1.71. The molecule has 7 nitrogen and oxygen atoms in total. The first-order valence-corrected chi connectivity index (χ1v) is 6.69. The summed E-state index contributed by atoms with van der Waals surface area (Å²) >= 11 is 1.65. The summed E-state index contributed by atoms with van der Waals surface area (Å²) < 4.78 is 1.49. The minimum atomic E-state index is -0.295. The first kappa shape index (κ1) is 13.5. The average Bonchev–Trinajstić information content (AvgIpc) is 2.96. The Bertz CT molecular complexity index is 563.